The zero-order chi connectivity index (χ0) is 12.4. The van der Waals surface area contributed by atoms with Crippen molar-refractivity contribution >= 4 is 22.6 Å². The number of nitrogens with zero attached hydrogens (tertiary/aromatic N) is 1. The van der Waals surface area contributed by atoms with Crippen LogP contribution < -0.4 is 5.32 Å². The molecule has 1 fully saturated rings. The van der Waals surface area contributed by atoms with Crippen molar-refractivity contribution in [1.82, 2.24) is 0 Å². The highest BCUT2D eigenvalue weighted by Crippen LogP contribution is 2.41. The Kier molecular flexibility index (Phi) is 3.33. The van der Waals surface area contributed by atoms with Gasteiger partial charge in [-0.25, -0.2) is 0 Å². The van der Waals surface area contributed by atoms with Gasteiger partial charge >= 0.3 is 0 Å². The van der Waals surface area contributed by atoms with Crippen LogP contribution in [0.1, 0.15) is 38.2 Å². The number of thioether (sulfide) groups is 1. The summed E-state index contributed by atoms with van der Waals surface area (Å²) in [6.07, 6.45) is 6.32. The fraction of sp³-hybridized carbons (Fsp3) is 0.533. The molecule has 1 aliphatic carbocycles. The summed E-state index contributed by atoms with van der Waals surface area (Å²) in [5.74, 6) is 1.17. The van der Waals surface area contributed by atoms with Gasteiger partial charge in [-0.2, -0.15) is 0 Å². The third kappa shape index (κ3) is 2.28. The molecule has 0 bridgehead atoms. The minimum Gasteiger partial charge on any atom is -0.335 e. The molecule has 3 heteroatoms. The van der Waals surface area contributed by atoms with Crippen LogP contribution in [0.15, 0.2) is 29.3 Å². The van der Waals surface area contributed by atoms with Crippen molar-refractivity contribution in [2.75, 3.05) is 11.1 Å². The van der Waals surface area contributed by atoms with Crippen molar-refractivity contribution in [2.24, 2.45) is 4.99 Å². The lowest BCUT2D eigenvalue weighted by Gasteiger charge is -2.16. The zero-order valence-electron chi connectivity index (χ0n) is 10.9. The van der Waals surface area contributed by atoms with Crippen molar-refractivity contribution in [1.29, 1.82) is 0 Å². The Balaban J connectivity index is 1.77. The summed E-state index contributed by atoms with van der Waals surface area (Å²) in [4.78, 5) is 4.96. The van der Waals surface area contributed by atoms with Crippen LogP contribution in [0.3, 0.4) is 0 Å². The first-order valence-electron chi connectivity index (χ1n) is 6.89. The number of para-hydroxylation sites is 1. The van der Waals surface area contributed by atoms with E-state index in [1.165, 1.54) is 42.7 Å². The summed E-state index contributed by atoms with van der Waals surface area (Å²) >= 11 is 1.89. The van der Waals surface area contributed by atoms with E-state index in [0.29, 0.717) is 0 Å². The highest BCUT2D eigenvalue weighted by molar-refractivity contribution is 8.14. The molecule has 0 amide bonds. The van der Waals surface area contributed by atoms with Crippen LogP contribution in [-0.4, -0.2) is 16.5 Å². The maximum Gasteiger partial charge on any atom is 0.161 e. The molecule has 1 heterocycles. The number of hydrogen-bond acceptors (Lipinski definition) is 3. The molecule has 1 aliphatic heterocycles. The summed E-state index contributed by atoms with van der Waals surface area (Å²) in [5.41, 5.74) is 2.86. The van der Waals surface area contributed by atoms with Gasteiger partial charge in [0.2, 0.25) is 0 Å². The van der Waals surface area contributed by atoms with Crippen LogP contribution in [-0.2, 0) is 6.42 Å². The number of rotatable bonds is 2. The van der Waals surface area contributed by atoms with Crippen molar-refractivity contribution in [3.05, 3.63) is 29.8 Å². The molecule has 2 aliphatic rings. The maximum atomic E-state index is 4.96. The van der Waals surface area contributed by atoms with E-state index in [-0.39, 0.29) is 5.54 Å². The Morgan fingerprint density at radius 1 is 1.28 bits per heavy atom. The van der Waals surface area contributed by atoms with E-state index in [0.717, 1.165) is 11.6 Å². The number of aryl methyl sites for hydroxylation is 1. The van der Waals surface area contributed by atoms with E-state index in [2.05, 4.69) is 36.5 Å². The molecule has 96 valence electrons. The molecule has 1 aromatic carbocycles. The number of benzene rings is 1. The molecular formula is C15H20N2S. The Morgan fingerprint density at radius 2 is 2.06 bits per heavy atom. The largest absolute Gasteiger partial charge is 0.335 e. The van der Waals surface area contributed by atoms with Crippen LogP contribution >= 0.6 is 11.8 Å². The summed E-state index contributed by atoms with van der Waals surface area (Å²) < 4.78 is 0. The number of anilines is 1. The van der Waals surface area contributed by atoms with Gasteiger partial charge in [0.1, 0.15) is 0 Å². The smallest absolute Gasteiger partial charge is 0.161 e. The number of aliphatic imine (C=N–C) groups is 1. The van der Waals surface area contributed by atoms with Crippen LogP contribution in [0.5, 0.6) is 0 Å². The summed E-state index contributed by atoms with van der Waals surface area (Å²) in [6, 6.07) is 8.54. The van der Waals surface area contributed by atoms with Gasteiger partial charge < -0.3 is 5.32 Å². The molecule has 1 N–H and O–H groups in total. The summed E-state index contributed by atoms with van der Waals surface area (Å²) in [7, 11) is 0. The molecule has 3 rings (SSSR count). The van der Waals surface area contributed by atoms with Crippen molar-refractivity contribution < 1.29 is 0 Å². The second-order valence-corrected chi connectivity index (χ2v) is 6.24. The molecule has 0 aromatic heterocycles. The van der Waals surface area contributed by atoms with E-state index in [1.807, 2.05) is 11.8 Å². The molecule has 2 nitrogen and oxygen atoms in total. The van der Waals surface area contributed by atoms with Gasteiger partial charge in [0.05, 0.1) is 5.54 Å². The van der Waals surface area contributed by atoms with Gasteiger partial charge in [0.15, 0.2) is 5.17 Å². The number of hydrogen-bond donors (Lipinski definition) is 1. The fourth-order valence-electron chi connectivity index (χ4n) is 2.90. The van der Waals surface area contributed by atoms with Crippen LogP contribution in [0.4, 0.5) is 5.69 Å². The topological polar surface area (TPSA) is 24.4 Å². The third-order valence-electron chi connectivity index (χ3n) is 3.99. The standard InChI is InChI=1S/C15H20N2S/c1-2-12-7-3-4-8-13(12)16-14-17-15(11-18-14)9-5-6-10-15/h3-4,7-8H,2,5-6,9-11H2,1H3,(H,16,17). The van der Waals surface area contributed by atoms with Gasteiger partial charge in [0, 0.05) is 11.4 Å². The second kappa shape index (κ2) is 4.96. The van der Waals surface area contributed by atoms with E-state index < -0.39 is 0 Å². The molecule has 0 radical (unpaired) electrons. The Morgan fingerprint density at radius 3 is 2.83 bits per heavy atom. The molecule has 1 spiro atoms. The van der Waals surface area contributed by atoms with Crippen molar-refractivity contribution in [3.63, 3.8) is 0 Å². The Labute approximate surface area is 113 Å². The van der Waals surface area contributed by atoms with Gasteiger partial charge in [0.25, 0.3) is 0 Å². The normalized spacial score (nSPS) is 21.3. The highest BCUT2D eigenvalue weighted by atomic mass is 32.2. The lowest BCUT2D eigenvalue weighted by molar-refractivity contribution is 0.508. The van der Waals surface area contributed by atoms with E-state index >= 15 is 0 Å². The summed E-state index contributed by atoms with van der Waals surface area (Å²) in [6.45, 7) is 2.20. The maximum absolute atomic E-state index is 4.96. The third-order valence-corrected chi connectivity index (χ3v) is 5.14. The molecule has 1 saturated carbocycles. The monoisotopic (exact) mass is 260 g/mol. The molecule has 0 saturated heterocycles. The molecule has 18 heavy (non-hydrogen) atoms. The number of amidine groups is 1. The molecule has 0 unspecified atom stereocenters. The predicted molar refractivity (Wildman–Crippen MR) is 80.5 cm³/mol. The van der Waals surface area contributed by atoms with Crippen molar-refractivity contribution in [2.45, 2.75) is 44.6 Å². The first-order valence-corrected chi connectivity index (χ1v) is 7.87. The lowest BCUT2D eigenvalue weighted by atomic mass is 10.0. The van der Waals surface area contributed by atoms with Crippen molar-refractivity contribution in [3.8, 4) is 0 Å². The van der Waals surface area contributed by atoms with Gasteiger partial charge in [-0.05, 0) is 30.9 Å². The quantitative estimate of drug-likeness (QED) is 0.866. The van der Waals surface area contributed by atoms with E-state index in [1.54, 1.807) is 0 Å². The van der Waals surface area contributed by atoms with Gasteiger partial charge in [-0.3, -0.25) is 4.99 Å². The Bertz CT molecular complexity index is 461. The van der Waals surface area contributed by atoms with Crippen LogP contribution in [0.25, 0.3) is 0 Å². The second-order valence-electron chi connectivity index (χ2n) is 5.27. The SMILES string of the molecule is CCc1ccccc1NC1=NC2(CCCC2)CS1. The van der Waals surface area contributed by atoms with Crippen LogP contribution in [0, 0.1) is 0 Å². The molecular weight excluding hydrogens is 240 g/mol. The van der Waals surface area contributed by atoms with Gasteiger partial charge in [-0.1, -0.05) is 49.7 Å². The van der Waals surface area contributed by atoms with Gasteiger partial charge in [-0.15, -0.1) is 0 Å². The first-order chi connectivity index (χ1) is 8.81. The zero-order valence-corrected chi connectivity index (χ0v) is 11.7. The molecule has 1 aromatic rings. The van der Waals surface area contributed by atoms with E-state index in [4.69, 9.17) is 4.99 Å². The Hall–Kier alpha value is -0.960. The lowest BCUT2D eigenvalue weighted by Crippen LogP contribution is -2.21. The highest BCUT2D eigenvalue weighted by Gasteiger charge is 2.38. The van der Waals surface area contributed by atoms with Crippen LogP contribution in [0.2, 0.25) is 0 Å². The molecule has 0 atom stereocenters. The average Bonchev–Trinajstić information content (AvgIpc) is 3.01. The fourth-order valence-corrected chi connectivity index (χ4v) is 4.10. The minimum absolute atomic E-state index is 0.272. The minimum atomic E-state index is 0.272. The van der Waals surface area contributed by atoms with E-state index in [9.17, 15) is 0 Å². The average molecular weight is 260 g/mol. The number of nitrogens with one attached hydrogen (secondary N) is 1. The summed E-state index contributed by atoms with van der Waals surface area (Å²) in [5, 5.41) is 4.65. The first kappa shape index (κ1) is 12.1. The predicted octanol–water partition coefficient (Wildman–Crippen LogP) is 4.08.